The van der Waals surface area contributed by atoms with Crippen molar-refractivity contribution >= 4 is 32.7 Å². The summed E-state index contributed by atoms with van der Waals surface area (Å²) in [5, 5.41) is 3.95. The molecule has 0 atom stereocenters. The molecule has 0 aliphatic rings. The monoisotopic (exact) mass is 264 g/mol. The van der Waals surface area contributed by atoms with E-state index < -0.39 is 0 Å². The average molecular weight is 264 g/mol. The lowest BCUT2D eigenvalue weighted by molar-refractivity contribution is -0.143. The lowest BCUT2D eigenvalue weighted by atomic mass is 10.1. The van der Waals surface area contributed by atoms with Crippen LogP contribution in [0.5, 0.6) is 0 Å². The number of anilines is 1. The molecule has 2 aromatic rings. The van der Waals surface area contributed by atoms with E-state index in [1.807, 2.05) is 26.1 Å². The maximum atomic E-state index is 11.3. The summed E-state index contributed by atoms with van der Waals surface area (Å²) in [6.45, 7) is 2.26. The molecular formula is C13H16N2O2S. The van der Waals surface area contributed by atoms with Crippen molar-refractivity contribution in [1.29, 1.82) is 0 Å². The van der Waals surface area contributed by atoms with E-state index in [1.165, 1.54) is 0 Å². The Morgan fingerprint density at radius 1 is 1.50 bits per heavy atom. The van der Waals surface area contributed by atoms with E-state index in [1.54, 1.807) is 11.3 Å². The van der Waals surface area contributed by atoms with Gasteiger partial charge in [-0.05, 0) is 31.0 Å². The SMILES string of the molecule is CCOC(=O)CCc1ccc2nc(NC)sc2c1. The number of carbonyl (C=O) groups is 1. The smallest absolute Gasteiger partial charge is 0.306 e. The number of nitrogens with zero attached hydrogens (tertiary/aromatic N) is 1. The average Bonchev–Trinajstić information content (AvgIpc) is 2.78. The van der Waals surface area contributed by atoms with Crippen LogP contribution in [0.1, 0.15) is 18.9 Å². The Hall–Kier alpha value is -1.62. The van der Waals surface area contributed by atoms with E-state index in [2.05, 4.69) is 16.4 Å². The van der Waals surface area contributed by atoms with Crippen molar-refractivity contribution in [2.75, 3.05) is 19.0 Å². The molecule has 0 spiro atoms. The topological polar surface area (TPSA) is 51.2 Å². The standard InChI is InChI=1S/C13H16N2O2S/c1-3-17-12(16)7-5-9-4-6-10-11(8-9)18-13(14-2)15-10/h4,6,8H,3,5,7H2,1-2H3,(H,14,15). The minimum absolute atomic E-state index is 0.141. The van der Waals surface area contributed by atoms with Crippen molar-refractivity contribution in [2.45, 2.75) is 19.8 Å². The fraction of sp³-hybridized carbons (Fsp3) is 0.385. The maximum absolute atomic E-state index is 11.3. The second-order valence-electron chi connectivity index (χ2n) is 3.88. The van der Waals surface area contributed by atoms with Gasteiger partial charge in [0, 0.05) is 13.5 Å². The first-order valence-corrected chi connectivity index (χ1v) is 6.77. The first kappa shape index (κ1) is 12.8. The molecule has 4 nitrogen and oxygen atoms in total. The summed E-state index contributed by atoms with van der Waals surface area (Å²) in [7, 11) is 1.86. The van der Waals surface area contributed by atoms with E-state index in [0.717, 1.165) is 20.9 Å². The number of aryl methyl sites for hydroxylation is 1. The normalized spacial score (nSPS) is 10.6. The summed E-state index contributed by atoms with van der Waals surface area (Å²) in [6, 6.07) is 6.10. The van der Waals surface area contributed by atoms with Crippen molar-refractivity contribution in [2.24, 2.45) is 0 Å². The number of fused-ring (bicyclic) bond motifs is 1. The zero-order chi connectivity index (χ0) is 13.0. The predicted octanol–water partition coefficient (Wildman–Crippen LogP) is 2.83. The van der Waals surface area contributed by atoms with Gasteiger partial charge in [0.1, 0.15) is 0 Å². The number of ether oxygens (including phenoxy) is 1. The number of esters is 1. The van der Waals surface area contributed by atoms with Crippen molar-refractivity contribution in [3.8, 4) is 0 Å². The summed E-state index contributed by atoms with van der Waals surface area (Å²) in [6.07, 6.45) is 1.14. The number of aromatic nitrogens is 1. The molecule has 1 aromatic heterocycles. The molecule has 18 heavy (non-hydrogen) atoms. The minimum atomic E-state index is -0.141. The minimum Gasteiger partial charge on any atom is -0.466 e. The number of rotatable bonds is 5. The Bertz CT molecular complexity index is 551. The molecule has 1 N–H and O–H groups in total. The Morgan fingerprint density at radius 2 is 2.33 bits per heavy atom. The first-order valence-electron chi connectivity index (χ1n) is 5.95. The van der Waals surface area contributed by atoms with Crippen molar-refractivity contribution in [3.05, 3.63) is 23.8 Å². The molecule has 2 rings (SSSR count). The number of benzene rings is 1. The number of nitrogens with one attached hydrogen (secondary N) is 1. The summed E-state index contributed by atoms with van der Waals surface area (Å²) in [5.41, 5.74) is 2.13. The lowest BCUT2D eigenvalue weighted by Crippen LogP contribution is -2.04. The van der Waals surface area contributed by atoms with E-state index in [4.69, 9.17) is 4.74 Å². The van der Waals surface area contributed by atoms with Gasteiger partial charge in [0.05, 0.1) is 16.8 Å². The van der Waals surface area contributed by atoms with Gasteiger partial charge >= 0.3 is 5.97 Å². The largest absolute Gasteiger partial charge is 0.466 e. The zero-order valence-electron chi connectivity index (χ0n) is 10.5. The van der Waals surface area contributed by atoms with Crippen LogP contribution in [0, 0.1) is 0 Å². The van der Waals surface area contributed by atoms with Crippen LogP contribution in [0.3, 0.4) is 0 Å². The third-order valence-electron chi connectivity index (χ3n) is 2.59. The van der Waals surface area contributed by atoms with Crippen molar-refractivity contribution < 1.29 is 9.53 Å². The Balaban J connectivity index is 2.07. The molecule has 0 saturated heterocycles. The van der Waals surface area contributed by atoms with Gasteiger partial charge in [-0.15, -0.1) is 0 Å². The lowest BCUT2D eigenvalue weighted by Gasteiger charge is -2.02. The van der Waals surface area contributed by atoms with E-state index in [9.17, 15) is 4.79 Å². The fourth-order valence-corrected chi connectivity index (χ4v) is 2.59. The second-order valence-corrected chi connectivity index (χ2v) is 4.91. The molecule has 0 aliphatic carbocycles. The van der Waals surface area contributed by atoms with Crippen LogP contribution in [0.15, 0.2) is 18.2 Å². The highest BCUT2D eigenvalue weighted by molar-refractivity contribution is 7.22. The summed E-state index contributed by atoms with van der Waals surface area (Å²) >= 11 is 1.62. The highest BCUT2D eigenvalue weighted by Crippen LogP contribution is 2.26. The van der Waals surface area contributed by atoms with Gasteiger partial charge in [-0.25, -0.2) is 4.98 Å². The molecule has 0 unspecified atom stereocenters. The van der Waals surface area contributed by atoms with Gasteiger partial charge in [0.25, 0.3) is 0 Å². The van der Waals surface area contributed by atoms with Gasteiger partial charge in [0.2, 0.25) is 0 Å². The Labute approximate surface area is 110 Å². The molecule has 1 heterocycles. The third kappa shape index (κ3) is 2.98. The molecular weight excluding hydrogens is 248 g/mol. The number of hydrogen-bond donors (Lipinski definition) is 1. The molecule has 96 valence electrons. The molecule has 0 bridgehead atoms. The van der Waals surface area contributed by atoms with Crippen LogP contribution in [0.2, 0.25) is 0 Å². The van der Waals surface area contributed by atoms with Gasteiger partial charge in [0.15, 0.2) is 5.13 Å². The predicted molar refractivity (Wildman–Crippen MR) is 74.1 cm³/mol. The molecule has 5 heteroatoms. The fourth-order valence-electron chi connectivity index (χ4n) is 1.71. The highest BCUT2D eigenvalue weighted by Gasteiger charge is 2.06. The maximum Gasteiger partial charge on any atom is 0.306 e. The van der Waals surface area contributed by atoms with Crippen molar-refractivity contribution in [1.82, 2.24) is 4.98 Å². The molecule has 0 radical (unpaired) electrons. The summed E-state index contributed by atoms with van der Waals surface area (Å²) in [5.74, 6) is -0.141. The van der Waals surface area contributed by atoms with Gasteiger partial charge < -0.3 is 10.1 Å². The summed E-state index contributed by atoms with van der Waals surface area (Å²) in [4.78, 5) is 15.7. The number of thiazole rings is 1. The third-order valence-corrected chi connectivity index (χ3v) is 3.63. The second kappa shape index (κ2) is 5.82. The van der Waals surface area contributed by atoms with Gasteiger partial charge in [-0.3, -0.25) is 4.79 Å². The van der Waals surface area contributed by atoms with Crippen LogP contribution in [-0.4, -0.2) is 24.6 Å². The van der Waals surface area contributed by atoms with Crippen LogP contribution < -0.4 is 5.32 Å². The molecule has 0 fully saturated rings. The number of hydrogen-bond acceptors (Lipinski definition) is 5. The van der Waals surface area contributed by atoms with E-state index in [0.29, 0.717) is 19.4 Å². The quantitative estimate of drug-likeness (QED) is 0.844. The molecule has 1 aromatic carbocycles. The van der Waals surface area contributed by atoms with Gasteiger partial charge in [-0.2, -0.15) is 0 Å². The Morgan fingerprint density at radius 3 is 3.06 bits per heavy atom. The van der Waals surface area contributed by atoms with Crippen LogP contribution in [0.25, 0.3) is 10.2 Å². The van der Waals surface area contributed by atoms with Crippen LogP contribution >= 0.6 is 11.3 Å². The van der Waals surface area contributed by atoms with Crippen LogP contribution in [-0.2, 0) is 16.0 Å². The number of carbonyl (C=O) groups excluding carboxylic acids is 1. The first-order chi connectivity index (χ1) is 8.72. The summed E-state index contributed by atoms with van der Waals surface area (Å²) < 4.78 is 6.05. The van der Waals surface area contributed by atoms with E-state index in [-0.39, 0.29) is 5.97 Å². The van der Waals surface area contributed by atoms with Crippen molar-refractivity contribution in [3.63, 3.8) is 0 Å². The highest BCUT2D eigenvalue weighted by atomic mass is 32.1. The Kier molecular flexibility index (Phi) is 4.15. The molecule has 0 saturated carbocycles. The van der Waals surface area contributed by atoms with E-state index >= 15 is 0 Å². The zero-order valence-corrected chi connectivity index (χ0v) is 11.3. The van der Waals surface area contributed by atoms with Crippen LogP contribution in [0.4, 0.5) is 5.13 Å². The molecule has 0 aliphatic heterocycles. The van der Waals surface area contributed by atoms with Gasteiger partial charge in [-0.1, -0.05) is 17.4 Å². The molecule has 0 amide bonds.